The zero-order valence-electron chi connectivity index (χ0n) is 11.3. The van der Waals surface area contributed by atoms with Crippen LogP contribution >= 0.6 is 0 Å². The lowest BCUT2D eigenvalue weighted by atomic mass is 10.2. The lowest BCUT2D eigenvalue weighted by molar-refractivity contribution is 0.0463. The molecular formula is C17H14N2O2. The highest BCUT2D eigenvalue weighted by Crippen LogP contribution is 2.13. The molecular weight excluding hydrogens is 264 g/mol. The molecule has 104 valence electrons. The highest BCUT2D eigenvalue weighted by Gasteiger charge is 2.13. The number of benzene rings is 1. The molecule has 0 aliphatic rings. The van der Waals surface area contributed by atoms with E-state index in [9.17, 15) is 4.79 Å². The maximum Gasteiger partial charge on any atom is 0.355 e. The van der Waals surface area contributed by atoms with Gasteiger partial charge in [-0.3, -0.25) is 4.98 Å². The van der Waals surface area contributed by atoms with Gasteiger partial charge in [0, 0.05) is 12.4 Å². The Morgan fingerprint density at radius 3 is 2.67 bits per heavy atom. The molecule has 0 atom stereocenters. The van der Waals surface area contributed by atoms with Crippen molar-refractivity contribution in [3.05, 3.63) is 84.4 Å². The first-order valence-corrected chi connectivity index (χ1v) is 6.63. The SMILES string of the molecule is O=C(OCc1ccccc1)c1cccn1-c1cccnc1. The molecule has 0 saturated carbocycles. The number of carbonyl (C=O) groups excluding carboxylic acids is 1. The maximum absolute atomic E-state index is 12.2. The molecule has 0 radical (unpaired) electrons. The van der Waals surface area contributed by atoms with Gasteiger partial charge >= 0.3 is 5.97 Å². The van der Waals surface area contributed by atoms with Gasteiger partial charge in [0.2, 0.25) is 0 Å². The van der Waals surface area contributed by atoms with Gasteiger partial charge in [0.1, 0.15) is 12.3 Å². The second-order valence-corrected chi connectivity index (χ2v) is 4.54. The number of esters is 1. The minimum Gasteiger partial charge on any atom is -0.456 e. The van der Waals surface area contributed by atoms with Crippen molar-refractivity contribution in [2.75, 3.05) is 0 Å². The molecule has 0 aliphatic heterocycles. The first-order valence-electron chi connectivity index (χ1n) is 6.63. The van der Waals surface area contributed by atoms with E-state index in [1.807, 2.05) is 54.7 Å². The van der Waals surface area contributed by atoms with Crippen molar-refractivity contribution in [1.82, 2.24) is 9.55 Å². The minimum atomic E-state index is -0.354. The van der Waals surface area contributed by atoms with E-state index in [2.05, 4.69) is 4.98 Å². The van der Waals surface area contributed by atoms with E-state index in [0.29, 0.717) is 5.69 Å². The van der Waals surface area contributed by atoms with Crippen LogP contribution in [0, 0.1) is 0 Å². The molecule has 0 unspecified atom stereocenters. The predicted octanol–water partition coefficient (Wildman–Crippen LogP) is 3.23. The molecule has 1 aromatic carbocycles. The molecule has 0 bridgehead atoms. The quantitative estimate of drug-likeness (QED) is 0.688. The minimum absolute atomic E-state index is 0.262. The smallest absolute Gasteiger partial charge is 0.355 e. The van der Waals surface area contributed by atoms with Crippen molar-refractivity contribution in [1.29, 1.82) is 0 Å². The third-order valence-electron chi connectivity index (χ3n) is 3.09. The van der Waals surface area contributed by atoms with Crippen LogP contribution in [0.25, 0.3) is 5.69 Å². The zero-order chi connectivity index (χ0) is 14.5. The van der Waals surface area contributed by atoms with Crippen LogP contribution in [0.1, 0.15) is 16.1 Å². The lowest BCUT2D eigenvalue weighted by Crippen LogP contribution is -2.10. The highest BCUT2D eigenvalue weighted by atomic mass is 16.5. The fraction of sp³-hybridized carbons (Fsp3) is 0.0588. The number of aromatic nitrogens is 2. The average Bonchev–Trinajstić information content (AvgIpc) is 3.04. The molecule has 21 heavy (non-hydrogen) atoms. The number of hydrogen-bond acceptors (Lipinski definition) is 3. The molecule has 0 N–H and O–H groups in total. The summed E-state index contributed by atoms with van der Waals surface area (Å²) in [6.07, 6.45) is 5.21. The molecule has 0 aliphatic carbocycles. The number of hydrogen-bond donors (Lipinski definition) is 0. The standard InChI is InChI=1S/C17H14N2O2/c20-17(21-13-14-6-2-1-3-7-14)16-9-5-11-19(16)15-8-4-10-18-12-15/h1-12H,13H2. The largest absolute Gasteiger partial charge is 0.456 e. The summed E-state index contributed by atoms with van der Waals surface area (Å²) in [7, 11) is 0. The van der Waals surface area contributed by atoms with Crippen LogP contribution in [0.4, 0.5) is 0 Å². The van der Waals surface area contributed by atoms with Gasteiger partial charge in [-0.05, 0) is 29.8 Å². The fourth-order valence-corrected chi connectivity index (χ4v) is 2.07. The van der Waals surface area contributed by atoms with Crippen LogP contribution in [0.5, 0.6) is 0 Å². The Hall–Kier alpha value is -2.88. The van der Waals surface area contributed by atoms with Crippen molar-refractivity contribution in [3.63, 3.8) is 0 Å². The Morgan fingerprint density at radius 1 is 1.05 bits per heavy atom. The zero-order valence-corrected chi connectivity index (χ0v) is 11.3. The summed E-state index contributed by atoms with van der Waals surface area (Å²) in [6.45, 7) is 0.262. The summed E-state index contributed by atoms with van der Waals surface area (Å²) >= 11 is 0. The van der Waals surface area contributed by atoms with E-state index in [0.717, 1.165) is 11.3 Å². The second kappa shape index (κ2) is 6.05. The van der Waals surface area contributed by atoms with Crippen LogP contribution in [-0.2, 0) is 11.3 Å². The number of rotatable bonds is 4. The molecule has 0 fully saturated rings. The number of pyridine rings is 1. The summed E-state index contributed by atoms with van der Waals surface area (Å²) in [5.41, 5.74) is 2.28. The van der Waals surface area contributed by atoms with Crippen molar-refractivity contribution >= 4 is 5.97 Å². The van der Waals surface area contributed by atoms with Crippen molar-refractivity contribution in [3.8, 4) is 5.69 Å². The van der Waals surface area contributed by atoms with Crippen molar-refractivity contribution in [2.24, 2.45) is 0 Å². The van der Waals surface area contributed by atoms with E-state index < -0.39 is 0 Å². The summed E-state index contributed by atoms with van der Waals surface area (Å²) in [5, 5.41) is 0. The van der Waals surface area contributed by atoms with Crippen molar-refractivity contribution in [2.45, 2.75) is 6.61 Å². The Labute approximate surface area is 122 Å². The first-order chi connectivity index (χ1) is 10.3. The van der Waals surface area contributed by atoms with E-state index in [1.54, 1.807) is 23.0 Å². The number of ether oxygens (including phenoxy) is 1. The lowest BCUT2D eigenvalue weighted by Gasteiger charge is -2.09. The van der Waals surface area contributed by atoms with Gasteiger partial charge in [-0.25, -0.2) is 4.79 Å². The summed E-state index contributed by atoms with van der Waals surface area (Å²) in [5.74, 6) is -0.354. The monoisotopic (exact) mass is 278 g/mol. The topological polar surface area (TPSA) is 44.1 Å². The Balaban J connectivity index is 1.76. The van der Waals surface area contributed by atoms with Gasteiger partial charge < -0.3 is 9.30 Å². The molecule has 0 spiro atoms. The van der Waals surface area contributed by atoms with Gasteiger partial charge in [0.25, 0.3) is 0 Å². The molecule has 3 rings (SSSR count). The van der Waals surface area contributed by atoms with Gasteiger partial charge in [-0.1, -0.05) is 30.3 Å². The molecule has 2 aromatic heterocycles. The number of carbonyl (C=O) groups is 1. The summed E-state index contributed by atoms with van der Waals surface area (Å²) in [4.78, 5) is 16.3. The molecule has 0 amide bonds. The molecule has 0 saturated heterocycles. The number of nitrogens with zero attached hydrogens (tertiary/aromatic N) is 2. The van der Waals surface area contributed by atoms with Gasteiger partial charge in [0.15, 0.2) is 0 Å². The van der Waals surface area contributed by atoms with E-state index in [-0.39, 0.29) is 12.6 Å². The van der Waals surface area contributed by atoms with Crippen LogP contribution in [0.15, 0.2) is 73.2 Å². The van der Waals surface area contributed by atoms with Crippen LogP contribution in [0.3, 0.4) is 0 Å². The fourth-order valence-electron chi connectivity index (χ4n) is 2.07. The molecule has 3 aromatic rings. The molecule has 2 heterocycles. The second-order valence-electron chi connectivity index (χ2n) is 4.54. The Morgan fingerprint density at radius 2 is 1.90 bits per heavy atom. The van der Waals surface area contributed by atoms with Gasteiger partial charge in [-0.2, -0.15) is 0 Å². The summed E-state index contributed by atoms with van der Waals surface area (Å²) in [6, 6.07) is 16.9. The molecule has 4 heteroatoms. The third kappa shape index (κ3) is 3.00. The third-order valence-corrected chi connectivity index (χ3v) is 3.09. The normalized spacial score (nSPS) is 10.3. The average molecular weight is 278 g/mol. The van der Waals surface area contributed by atoms with E-state index >= 15 is 0 Å². The van der Waals surface area contributed by atoms with Crippen LogP contribution in [0.2, 0.25) is 0 Å². The Bertz CT molecular complexity index is 721. The van der Waals surface area contributed by atoms with Crippen LogP contribution < -0.4 is 0 Å². The van der Waals surface area contributed by atoms with Gasteiger partial charge in [0.05, 0.1) is 11.9 Å². The highest BCUT2D eigenvalue weighted by molar-refractivity contribution is 5.88. The predicted molar refractivity (Wildman–Crippen MR) is 79.1 cm³/mol. The Kier molecular flexibility index (Phi) is 3.78. The van der Waals surface area contributed by atoms with E-state index in [4.69, 9.17) is 4.74 Å². The first kappa shape index (κ1) is 13.1. The van der Waals surface area contributed by atoms with Crippen molar-refractivity contribution < 1.29 is 9.53 Å². The molecule has 4 nitrogen and oxygen atoms in total. The van der Waals surface area contributed by atoms with Gasteiger partial charge in [-0.15, -0.1) is 0 Å². The summed E-state index contributed by atoms with van der Waals surface area (Å²) < 4.78 is 7.12. The van der Waals surface area contributed by atoms with E-state index in [1.165, 1.54) is 0 Å². The maximum atomic E-state index is 12.2. The van der Waals surface area contributed by atoms with Crippen LogP contribution in [-0.4, -0.2) is 15.5 Å².